The highest BCUT2D eigenvalue weighted by atomic mass is 19.1. The first kappa shape index (κ1) is 46.9. The zero-order valence-corrected chi connectivity index (χ0v) is 37.3. The summed E-state index contributed by atoms with van der Waals surface area (Å²) in [4.78, 5) is 72.7. The zero-order chi connectivity index (χ0) is 45.2. The molecular formula is C48H62FN7O8. The summed E-state index contributed by atoms with van der Waals surface area (Å²) in [6.07, 6.45) is 0.700. The van der Waals surface area contributed by atoms with Crippen molar-refractivity contribution in [3.05, 3.63) is 99.9 Å². The number of piperidine rings is 1. The van der Waals surface area contributed by atoms with Crippen LogP contribution in [0.4, 0.5) is 10.1 Å². The van der Waals surface area contributed by atoms with E-state index in [1.165, 1.54) is 11.3 Å². The van der Waals surface area contributed by atoms with Crippen molar-refractivity contribution in [1.29, 1.82) is 0 Å². The van der Waals surface area contributed by atoms with E-state index in [-0.39, 0.29) is 42.1 Å². The number of imide groups is 2. The quantitative estimate of drug-likeness (QED) is 0.120. The number of amides is 5. The van der Waals surface area contributed by atoms with Crippen LogP contribution in [0, 0.1) is 12.7 Å². The predicted molar refractivity (Wildman–Crippen MR) is 239 cm³/mol. The number of nitrogens with one attached hydrogen (secondary N) is 2. The average Bonchev–Trinajstić information content (AvgIpc) is 3.82. The van der Waals surface area contributed by atoms with Crippen LogP contribution < -0.4 is 15.5 Å². The van der Waals surface area contributed by atoms with Crippen molar-refractivity contribution >= 4 is 35.2 Å². The summed E-state index contributed by atoms with van der Waals surface area (Å²) in [5.41, 5.74) is 5.50. The zero-order valence-electron chi connectivity index (χ0n) is 37.3. The molecule has 4 aliphatic heterocycles. The lowest BCUT2D eigenvalue weighted by Crippen LogP contribution is -2.54. The van der Waals surface area contributed by atoms with Crippen LogP contribution in [0.3, 0.4) is 0 Å². The SMILES string of the molecule is Cc1cccc(F)c1CN1C[C@H](c2ccc(N3CCN(CCOCCOCCOCCNC(=O)CCc4ccc5c(c4)C(=O)N(C4CCC(=O)NC4=O)C5=O)CC3)cc2)[C@@H](N(C)C)C1. The van der Waals surface area contributed by atoms with Crippen LogP contribution in [0.5, 0.6) is 0 Å². The van der Waals surface area contributed by atoms with E-state index in [4.69, 9.17) is 14.2 Å². The van der Waals surface area contributed by atoms with Gasteiger partial charge in [0.25, 0.3) is 11.8 Å². The molecule has 3 fully saturated rings. The molecule has 15 nitrogen and oxygen atoms in total. The van der Waals surface area contributed by atoms with Gasteiger partial charge in [-0.15, -0.1) is 0 Å². The van der Waals surface area contributed by atoms with Gasteiger partial charge in [0, 0.05) is 95.0 Å². The second-order valence-electron chi connectivity index (χ2n) is 17.3. The second kappa shape index (κ2) is 22.2. The molecule has 2 N–H and O–H groups in total. The molecule has 64 heavy (non-hydrogen) atoms. The van der Waals surface area contributed by atoms with Crippen LogP contribution in [0.1, 0.15) is 68.2 Å². The smallest absolute Gasteiger partial charge is 0.262 e. The second-order valence-corrected chi connectivity index (χ2v) is 17.3. The highest BCUT2D eigenvalue weighted by Gasteiger charge is 2.44. The van der Waals surface area contributed by atoms with E-state index < -0.39 is 29.7 Å². The molecule has 3 aromatic carbocycles. The Balaban J connectivity index is 0.695. The fourth-order valence-corrected chi connectivity index (χ4v) is 9.12. The number of anilines is 1. The largest absolute Gasteiger partial charge is 0.378 e. The lowest BCUT2D eigenvalue weighted by atomic mass is 9.93. The molecule has 0 aliphatic carbocycles. The summed E-state index contributed by atoms with van der Waals surface area (Å²) in [6.45, 7) is 12.3. The summed E-state index contributed by atoms with van der Waals surface area (Å²) in [7, 11) is 4.28. The molecule has 3 atom stereocenters. The monoisotopic (exact) mass is 883 g/mol. The van der Waals surface area contributed by atoms with Gasteiger partial charge in [0.1, 0.15) is 11.9 Å². The topological polar surface area (TPSA) is 153 Å². The fraction of sp³-hybridized carbons (Fsp3) is 0.521. The van der Waals surface area contributed by atoms with Crippen LogP contribution in [-0.2, 0) is 41.6 Å². The first-order valence-corrected chi connectivity index (χ1v) is 22.5. The fourth-order valence-electron chi connectivity index (χ4n) is 9.12. The van der Waals surface area contributed by atoms with Crippen molar-refractivity contribution in [2.45, 2.75) is 57.2 Å². The number of carbonyl (C=O) groups is 5. The van der Waals surface area contributed by atoms with Gasteiger partial charge in [-0.1, -0.05) is 30.3 Å². The number of piperazine rings is 1. The lowest BCUT2D eigenvalue weighted by molar-refractivity contribution is -0.136. The molecule has 344 valence electrons. The Morgan fingerprint density at radius 2 is 1.53 bits per heavy atom. The summed E-state index contributed by atoms with van der Waals surface area (Å²) < 4.78 is 31.7. The van der Waals surface area contributed by atoms with Crippen molar-refractivity contribution in [2.75, 3.05) is 111 Å². The first-order valence-electron chi connectivity index (χ1n) is 22.5. The van der Waals surface area contributed by atoms with Crippen molar-refractivity contribution in [2.24, 2.45) is 0 Å². The maximum Gasteiger partial charge on any atom is 0.262 e. The summed E-state index contributed by atoms with van der Waals surface area (Å²) in [5.74, 6) is -2.14. The van der Waals surface area contributed by atoms with E-state index in [1.807, 2.05) is 13.0 Å². The third-order valence-corrected chi connectivity index (χ3v) is 12.8. The molecule has 0 saturated carbocycles. The Bertz CT molecular complexity index is 2110. The number of hydrogen-bond acceptors (Lipinski definition) is 12. The van der Waals surface area contributed by atoms with Gasteiger partial charge in [-0.25, -0.2) is 4.39 Å². The van der Waals surface area contributed by atoms with Gasteiger partial charge in [0.2, 0.25) is 17.7 Å². The van der Waals surface area contributed by atoms with Crippen molar-refractivity contribution < 1.29 is 42.6 Å². The standard InChI is InChI=1S/C48H62FN7O8/c1-33-5-4-6-41(49)39(33)30-54-31-40(43(32-54)52(2)3)35-9-11-36(12-10-35)55-20-18-53(19-21-55)22-24-63-26-28-64-27-25-62-23-17-50-44(57)15-8-34-7-13-37-38(29-34)48(61)56(47(37)60)42-14-16-45(58)51-46(42)59/h4-7,9-13,29,40,42-43H,8,14-28,30-32H2,1-3H3,(H,50,57)(H,51,58,59)/t40-,42?,43+/m1/s1. The molecule has 3 aromatic rings. The predicted octanol–water partition coefficient (Wildman–Crippen LogP) is 2.99. The number of rotatable bonds is 21. The molecule has 4 aliphatic rings. The van der Waals surface area contributed by atoms with Gasteiger partial charge < -0.3 is 29.3 Å². The van der Waals surface area contributed by atoms with Crippen LogP contribution >= 0.6 is 0 Å². The Labute approximate surface area is 375 Å². The van der Waals surface area contributed by atoms with Crippen molar-refractivity contribution in [3.8, 4) is 0 Å². The minimum atomic E-state index is -1.02. The first-order chi connectivity index (χ1) is 31.0. The summed E-state index contributed by atoms with van der Waals surface area (Å²) >= 11 is 0. The highest BCUT2D eigenvalue weighted by Crippen LogP contribution is 2.33. The van der Waals surface area contributed by atoms with Gasteiger partial charge in [-0.3, -0.25) is 44.0 Å². The Kier molecular flexibility index (Phi) is 16.3. The molecule has 5 amide bonds. The molecule has 0 aromatic heterocycles. The number of benzene rings is 3. The maximum absolute atomic E-state index is 14.6. The van der Waals surface area contributed by atoms with E-state index in [0.717, 1.165) is 67.4 Å². The van der Waals surface area contributed by atoms with Gasteiger partial charge >= 0.3 is 0 Å². The third kappa shape index (κ3) is 11.8. The molecule has 7 rings (SSSR count). The maximum atomic E-state index is 14.6. The Morgan fingerprint density at radius 3 is 2.23 bits per heavy atom. The Hall–Kier alpha value is -5.10. The third-order valence-electron chi connectivity index (χ3n) is 12.8. The lowest BCUT2D eigenvalue weighted by Gasteiger charge is -2.36. The van der Waals surface area contributed by atoms with Gasteiger partial charge in [-0.05, 0) is 80.9 Å². The van der Waals surface area contributed by atoms with Crippen LogP contribution in [0.15, 0.2) is 60.7 Å². The number of fused-ring (bicyclic) bond motifs is 1. The number of likely N-dealkylation sites (N-methyl/N-ethyl adjacent to an activating group) is 1. The van der Waals surface area contributed by atoms with Gasteiger partial charge in [0.15, 0.2) is 0 Å². The van der Waals surface area contributed by atoms with E-state index in [2.05, 4.69) is 68.6 Å². The van der Waals surface area contributed by atoms with Crippen LogP contribution in [0.25, 0.3) is 0 Å². The molecule has 4 heterocycles. The average molecular weight is 884 g/mol. The number of nitrogens with zero attached hydrogens (tertiary/aromatic N) is 5. The van der Waals surface area contributed by atoms with E-state index >= 15 is 0 Å². The number of halogens is 1. The van der Waals surface area contributed by atoms with E-state index in [9.17, 15) is 28.4 Å². The molecular weight excluding hydrogens is 822 g/mol. The van der Waals surface area contributed by atoms with E-state index in [1.54, 1.807) is 30.3 Å². The normalized spacial score (nSPS) is 20.7. The number of hydrogen-bond donors (Lipinski definition) is 2. The van der Waals surface area contributed by atoms with Gasteiger partial charge in [0.05, 0.1) is 50.8 Å². The van der Waals surface area contributed by atoms with E-state index in [0.29, 0.717) is 71.1 Å². The minimum absolute atomic E-state index is 0.0560. The van der Waals surface area contributed by atoms with Gasteiger partial charge in [-0.2, -0.15) is 0 Å². The number of aryl methyl sites for hydroxylation is 2. The highest BCUT2D eigenvalue weighted by molar-refractivity contribution is 6.23. The number of likely N-dealkylation sites (tertiary alicyclic amines) is 1. The molecule has 0 radical (unpaired) electrons. The molecule has 0 bridgehead atoms. The summed E-state index contributed by atoms with van der Waals surface area (Å²) in [5, 5.41) is 5.01. The molecule has 1 unspecified atom stereocenters. The van der Waals surface area contributed by atoms with Crippen molar-refractivity contribution in [3.63, 3.8) is 0 Å². The van der Waals surface area contributed by atoms with Crippen LogP contribution in [0.2, 0.25) is 0 Å². The minimum Gasteiger partial charge on any atom is -0.378 e. The molecule has 16 heteroatoms. The molecule has 3 saturated heterocycles. The summed E-state index contributed by atoms with van der Waals surface area (Å²) in [6, 6.07) is 18.6. The number of carbonyl (C=O) groups excluding carboxylic acids is 5. The Morgan fingerprint density at radius 1 is 0.828 bits per heavy atom. The van der Waals surface area contributed by atoms with Crippen LogP contribution in [-0.4, -0.2) is 167 Å². The number of ether oxygens (including phenoxy) is 3. The molecule has 0 spiro atoms. The van der Waals surface area contributed by atoms with Crippen molar-refractivity contribution in [1.82, 2.24) is 30.2 Å².